The summed E-state index contributed by atoms with van der Waals surface area (Å²) in [6.45, 7) is 1.78. The van der Waals surface area contributed by atoms with Crippen LogP contribution in [0.3, 0.4) is 0 Å². The molecule has 1 heterocycles. The Labute approximate surface area is 126 Å². The average molecular weight is 366 g/mol. The second-order valence-electron chi connectivity index (χ2n) is 4.45. The minimum atomic E-state index is -4.39. The number of thiophene rings is 1. The van der Waals surface area contributed by atoms with Crippen LogP contribution in [0.2, 0.25) is 0 Å². The molecule has 0 saturated carbocycles. The van der Waals surface area contributed by atoms with E-state index in [1.54, 1.807) is 19.1 Å². The molecule has 1 N–H and O–H groups in total. The number of nitrogens with one attached hydrogen (secondary N) is 1. The van der Waals surface area contributed by atoms with E-state index in [-0.39, 0.29) is 18.2 Å². The summed E-state index contributed by atoms with van der Waals surface area (Å²) in [5, 5.41) is 2.57. The standard InChI is InChI=1S/C13H11BrF3NOS/c1-7-2-3-8(13(15,16)17)6-9(7)18-12(19)10-4-5-11(14)20-10/h3-7H,2H2,1H3,(H,18,19)/t7-/m1/s1. The molecule has 0 saturated heterocycles. The number of carbonyl (C=O) groups is 1. The van der Waals surface area contributed by atoms with Crippen LogP contribution < -0.4 is 5.32 Å². The molecule has 2 rings (SSSR count). The monoisotopic (exact) mass is 365 g/mol. The van der Waals surface area contributed by atoms with E-state index in [1.807, 2.05) is 0 Å². The van der Waals surface area contributed by atoms with Gasteiger partial charge in [-0.2, -0.15) is 13.2 Å². The van der Waals surface area contributed by atoms with E-state index in [1.165, 1.54) is 11.3 Å². The third-order valence-corrected chi connectivity index (χ3v) is 4.54. The summed E-state index contributed by atoms with van der Waals surface area (Å²) in [6.07, 6.45) is -1.96. The molecular formula is C13H11BrF3NOS. The zero-order chi connectivity index (χ0) is 14.9. The van der Waals surface area contributed by atoms with Gasteiger partial charge >= 0.3 is 6.18 Å². The van der Waals surface area contributed by atoms with Gasteiger partial charge in [0.15, 0.2) is 0 Å². The molecule has 108 valence electrons. The number of carbonyl (C=O) groups excluding carboxylic acids is 1. The first-order valence-corrected chi connectivity index (χ1v) is 7.44. The molecule has 1 aliphatic carbocycles. The second kappa shape index (κ2) is 5.73. The lowest BCUT2D eigenvalue weighted by Gasteiger charge is -2.22. The fraction of sp³-hybridized carbons (Fsp3) is 0.308. The topological polar surface area (TPSA) is 29.1 Å². The van der Waals surface area contributed by atoms with E-state index in [9.17, 15) is 18.0 Å². The van der Waals surface area contributed by atoms with E-state index in [4.69, 9.17) is 0 Å². The predicted octanol–water partition coefficient (Wildman–Crippen LogP) is 4.65. The van der Waals surface area contributed by atoms with Crippen molar-refractivity contribution < 1.29 is 18.0 Å². The molecule has 0 unspecified atom stereocenters. The van der Waals surface area contributed by atoms with Crippen LogP contribution in [-0.4, -0.2) is 12.1 Å². The maximum Gasteiger partial charge on any atom is 0.416 e. The Kier molecular flexibility index (Phi) is 4.39. The van der Waals surface area contributed by atoms with Gasteiger partial charge in [-0.15, -0.1) is 11.3 Å². The molecule has 1 atom stereocenters. The lowest BCUT2D eigenvalue weighted by atomic mass is 9.94. The summed E-state index contributed by atoms with van der Waals surface area (Å²) < 4.78 is 38.8. The zero-order valence-electron chi connectivity index (χ0n) is 10.4. The molecule has 20 heavy (non-hydrogen) atoms. The minimum absolute atomic E-state index is 0.145. The summed E-state index contributed by atoms with van der Waals surface area (Å²) in [4.78, 5) is 12.4. The van der Waals surface area contributed by atoms with Crippen molar-refractivity contribution in [1.82, 2.24) is 5.32 Å². The molecule has 0 aliphatic heterocycles. The van der Waals surface area contributed by atoms with Crippen molar-refractivity contribution in [2.75, 3.05) is 0 Å². The van der Waals surface area contributed by atoms with Gasteiger partial charge in [0.05, 0.1) is 14.2 Å². The number of allylic oxidation sites excluding steroid dienone is 4. The molecule has 0 spiro atoms. The van der Waals surface area contributed by atoms with E-state index >= 15 is 0 Å². The second-order valence-corrected chi connectivity index (χ2v) is 6.91. The summed E-state index contributed by atoms with van der Waals surface area (Å²) in [5.41, 5.74) is -0.410. The fourth-order valence-electron chi connectivity index (χ4n) is 1.79. The van der Waals surface area contributed by atoms with Crippen LogP contribution in [0.15, 0.2) is 39.3 Å². The lowest BCUT2D eigenvalue weighted by molar-refractivity contribution is -0.0888. The molecule has 0 bridgehead atoms. The van der Waals surface area contributed by atoms with Crippen LogP contribution in [0, 0.1) is 5.92 Å². The maximum atomic E-state index is 12.7. The highest BCUT2D eigenvalue weighted by Crippen LogP contribution is 2.33. The summed E-state index contributed by atoms with van der Waals surface area (Å²) in [7, 11) is 0. The Morgan fingerprint density at radius 1 is 1.45 bits per heavy atom. The first-order valence-electron chi connectivity index (χ1n) is 5.83. The highest BCUT2D eigenvalue weighted by Gasteiger charge is 2.34. The Bertz CT molecular complexity index is 589. The van der Waals surface area contributed by atoms with Crippen LogP contribution >= 0.6 is 27.3 Å². The molecule has 1 aromatic rings. The third kappa shape index (κ3) is 3.52. The lowest BCUT2D eigenvalue weighted by Crippen LogP contribution is -2.28. The Balaban J connectivity index is 2.17. The predicted molar refractivity (Wildman–Crippen MR) is 75.5 cm³/mol. The average Bonchev–Trinajstić information content (AvgIpc) is 2.77. The number of amides is 1. The van der Waals surface area contributed by atoms with Crippen LogP contribution in [0.25, 0.3) is 0 Å². The Hall–Kier alpha value is -1.08. The van der Waals surface area contributed by atoms with Gasteiger partial charge in [0.25, 0.3) is 5.91 Å². The van der Waals surface area contributed by atoms with Gasteiger partial charge < -0.3 is 5.32 Å². The Morgan fingerprint density at radius 3 is 2.70 bits per heavy atom. The van der Waals surface area contributed by atoms with Gasteiger partial charge in [0.2, 0.25) is 0 Å². The smallest absolute Gasteiger partial charge is 0.325 e. The summed E-state index contributed by atoms with van der Waals surface area (Å²) in [5.74, 6) is -0.532. The molecule has 0 radical (unpaired) electrons. The molecule has 0 fully saturated rings. The van der Waals surface area contributed by atoms with Crippen molar-refractivity contribution in [3.05, 3.63) is 44.2 Å². The van der Waals surface area contributed by atoms with E-state index < -0.39 is 11.7 Å². The summed E-state index contributed by atoms with van der Waals surface area (Å²) in [6, 6.07) is 3.35. The van der Waals surface area contributed by atoms with Crippen molar-refractivity contribution in [1.29, 1.82) is 0 Å². The fourth-order valence-corrected chi connectivity index (χ4v) is 3.07. The molecule has 1 aliphatic rings. The maximum absolute atomic E-state index is 12.7. The first kappa shape index (κ1) is 15.3. The molecule has 2 nitrogen and oxygen atoms in total. The largest absolute Gasteiger partial charge is 0.416 e. The van der Waals surface area contributed by atoms with Crippen molar-refractivity contribution in [3.8, 4) is 0 Å². The number of halogens is 4. The van der Waals surface area contributed by atoms with Gasteiger partial charge in [-0.25, -0.2) is 0 Å². The van der Waals surface area contributed by atoms with Gasteiger partial charge in [0, 0.05) is 5.70 Å². The highest BCUT2D eigenvalue weighted by molar-refractivity contribution is 9.11. The number of rotatable bonds is 2. The van der Waals surface area contributed by atoms with E-state index in [2.05, 4.69) is 21.2 Å². The summed E-state index contributed by atoms with van der Waals surface area (Å²) >= 11 is 4.47. The molecule has 1 aromatic heterocycles. The van der Waals surface area contributed by atoms with Gasteiger partial charge in [0.1, 0.15) is 0 Å². The molecule has 1 amide bonds. The number of alkyl halides is 3. The van der Waals surface area contributed by atoms with Gasteiger partial charge in [-0.05, 0) is 46.5 Å². The SMILES string of the molecule is C[C@@H]1CC=C(C(F)(F)F)C=C1NC(=O)c1ccc(Br)s1. The Morgan fingerprint density at radius 2 is 2.15 bits per heavy atom. The molecular weight excluding hydrogens is 355 g/mol. The van der Waals surface area contributed by atoms with Crippen molar-refractivity contribution in [2.24, 2.45) is 5.92 Å². The van der Waals surface area contributed by atoms with Crippen LogP contribution in [0.4, 0.5) is 13.2 Å². The van der Waals surface area contributed by atoms with Crippen LogP contribution in [0.1, 0.15) is 23.0 Å². The van der Waals surface area contributed by atoms with E-state index in [0.717, 1.165) is 15.9 Å². The third-order valence-electron chi connectivity index (χ3n) is 2.92. The van der Waals surface area contributed by atoms with Crippen molar-refractivity contribution in [2.45, 2.75) is 19.5 Å². The molecule has 0 aromatic carbocycles. The van der Waals surface area contributed by atoms with Crippen molar-refractivity contribution >= 4 is 33.2 Å². The number of hydrogen-bond donors (Lipinski definition) is 1. The number of hydrogen-bond acceptors (Lipinski definition) is 2. The first-order chi connectivity index (χ1) is 9.27. The van der Waals surface area contributed by atoms with E-state index in [0.29, 0.717) is 10.6 Å². The van der Waals surface area contributed by atoms with Crippen LogP contribution in [0.5, 0.6) is 0 Å². The zero-order valence-corrected chi connectivity index (χ0v) is 12.8. The normalized spacial score (nSPS) is 19.4. The highest BCUT2D eigenvalue weighted by atomic mass is 79.9. The van der Waals surface area contributed by atoms with Gasteiger partial charge in [-0.3, -0.25) is 4.79 Å². The van der Waals surface area contributed by atoms with Gasteiger partial charge in [-0.1, -0.05) is 13.0 Å². The quantitative estimate of drug-likeness (QED) is 0.811. The van der Waals surface area contributed by atoms with Crippen molar-refractivity contribution in [3.63, 3.8) is 0 Å². The molecule has 7 heteroatoms. The van der Waals surface area contributed by atoms with Crippen LogP contribution in [-0.2, 0) is 0 Å². The minimum Gasteiger partial charge on any atom is -0.325 e.